The standard InChI is InChI=1S/C26H32F3N3O3S/c1-36(34,35)14-13-32(18-21-5-2-3-7-23(21)26(27,28)29)25(33)15-30-24-8-4-6-20-17-31(12-11-22(20)24)16-19-9-10-19/h2-8,19,30H,9-18H2,1H3. The van der Waals surface area contributed by atoms with Crippen LogP contribution in [-0.2, 0) is 40.3 Å². The van der Waals surface area contributed by atoms with E-state index < -0.39 is 27.5 Å². The first-order valence-corrected chi connectivity index (χ1v) is 14.2. The van der Waals surface area contributed by atoms with Gasteiger partial charge >= 0.3 is 6.18 Å². The van der Waals surface area contributed by atoms with E-state index in [0.717, 1.165) is 55.5 Å². The van der Waals surface area contributed by atoms with Crippen molar-refractivity contribution in [3.8, 4) is 0 Å². The molecule has 2 aromatic rings. The number of rotatable bonds is 10. The quantitative estimate of drug-likeness (QED) is 0.511. The minimum absolute atomic E-state index is 0.0697. The van der Waals surface area contributed by atoms with Crippen LogP contribution in [0.1, 0.15) is 35.1 Å². The molecule has 36 heavy (non-hydrogen) atoms. The molecule has 0 atom stereocenters. The SMILES string of the molecule is CS(=O)(=O)CCN(Cc1ccccc1C(F)(F)F)C(=O)CNc1cccc2c1CCN(CC1CC1)C2. The molecule has 0 spiro atoms. The van der Waals surface area contributed by atoms with E-state index in [9.17, 15) is 26.4 Å². The maximum Gasteiger partial charge on any atom is 0.416 e. The topological polar surface area (TPSA) is 69.7 Å². The number of amides is 1. The number of anilines is 1. The average Bonchev–Trinajstić information content (AvgIpc) is 3.63. The number of sulfone groups is 1. The van der Waals surface area contributed by atoms with Crippen LogP contribution in [0.5, 0.6) is 0 Å². The zero-order chi connectivity index (χ0) is 25.9. The molecule has 1 saturated carbocycles. The van der Waals surface area contributed by atoms with Crippen LogP contribution in [0.2, 0.25) is 0 Å². The predicted octanol–water partition coefficient (Wildman–Crippen LogP) is 3.96. The minimum Gasteiger partial charge on any atom is -0.376 e. The van der Waals surface area contributed by atoms with E-state index in [1.807, 2.05) is 12.1 Å². The van der Waals surface area contributed by atoms with Crippen molar-refractivity contribution < 1.29 is 26.4 Å². The molecule has 1 aliphatic heterocycles. The Balaban J connectivity index is 1.46. The smallest absolute Gasteiger partial charge is 0.376 e. The van der Waals surface area contributed by atoms with Crippen LogP contribution in [0.3, 0.4) is 0 Å². The number of benzene rings is 2. The van der Waals surface area contributed by atoms with Crippen molar-refractivity contribution >= 4 is 21.4 Å². The predicted molar refractivity (Wildman–Crippen MR) is 133 cm³/mol. The third-order valence-electron chi connectivity index (χ3n) is 6.76. The second-order valence-corrected chi connectivity index (χ2v) is 12.1. The van der Waals surface area contributed by atoms with E-state index in [-0.39, 0.29) is 31.0 Å². The Morgan fingerprint density at radius 3 is 2.58 bits per heavy atom. The Morgan fingerprint density at radius 1 is 1.14 bits per heavy atom. The molecule has 0 radical (unpaired) electrons. The summed E-state index contributed by atoms with van der Waals surface area (Å²) < 4.78 is 63.9. The number of nitrogens with one attached hydrogen (secondary N) is 1. The van der Waals surface area contributed by atoms with Gasteiger partial charge in [-0.25, -0.2) is 8.42 Å². The Kier molecular flexibility index (Phi) is 7.94. The van der Waals surface area contributed by atoms with E-state index in [1.165, 1.54) is 41.5 Å². The summed E-state index contributed by atoms with van der Waals surface area (Å²) in [5.41, 5.74) is 2.31. The monoisotopic (exact) mass is 523 g/mol. The molecule has 6 nitrogen and oxygen atoms in total. The second kappa shape index (κ2) is 10.8. The number of carbonyl (C=O) groups excluding carboxylic acids is 1. The van der Waals surface area contributed by atoms with Gasteiger partial charge in [-0.15, -0.1) is 0 Å². The molecule has 1 aliphatic carbocycles. The highest BCUT2D eigenvalue weighted by atomic mass is 32.2. The lowest BCUT2D eigenvalue weighted by atomic mass is 9.97. The molecule has 196 valence electrons. The van der Waals surface area contributed by atoms with Gasteiger partial charge in [-0.1, -0.05) is 30.3 Å². The van der Waals surface area contributed by atoms with Crippen LogP contribution in [0, 0.1) is 5.92 Å². The fraction of sp³-hybridized carbons (Fsp3) is 0.500. The lowest BCUT2D eigenvalue weighted by Gasteiger charge is -2.30. The number of hydrogen-bond donors (Lipinski definition) is 1. The molecule has 2 aromatic carbocycles. The third kappa shape index (κ3) is 7.22. The number of halogens is 3. The third-order valence-corrected chi connectivity index (χ3v) is 7.68. The highest BCUT2D eigenvalue weighted by molar-refractivity contribution is 7.90. The maximum atomic E-state index is 13.5. The molecule has 1 heterocycles. The van der Waals surface area contributed by atoms with E-state index in [2.05, 4.69) is 16.3 Å². The number of nitrogens with zero attached hydrogens (tertiary/aromatic N) is 2. The summed E-state index contributed by atoms with van der Waals surface area (Å²) in [6, 6.07) is 11.0. The van der Waals surface area contributed by atoms with Crippen LogP contribution in [0.25, 0.3) is 0 Å². The summed E-state index contributed by atoms with van der Waals surface area (Å²) in [6.07, 6.45) is -0.0694. The fourth-order valence-corrected chi connectivity index (χ4v) is 5.20. The Bertz CT molecular complexity index is 1200. The normalized spacial score (nSPS) is 16.4. The Hall–Kier alpha value is -2.59. The average molecular weight is 524 g/mol. The van der Waals surface area contributed by atoms with Crippen LogP contribution in [0.4, 0.5) is 18.9 Å². The summed E-state index contributed by atoms with van der Waals surface area (Å²) in [5.74, 6) is 0.0232. The maximum absolute atomic E-state index is 13.5. The van der Waals surface area contributed by atoms with Crippen molar-refractivity contribution in [2.45, 2.75) is 38.5 Å². The molecule has 0 aromatic heterocycles. The summed E-state index contributed by atoms with van der Waals surface area (Å²) in [7, 11) is -3.41. The number of alkyl halides is 3. The van der Waals surface area contributed by atoms with Gasteiger partial charge in [0.25, 0.3) is 0 Å². The van der Waals surface area contributed by atoms with Gasteiger partial charge in [0.05, 0.1) is 17.9 Å². The molecule has 0 unspecified atom stereocenters. The highest BCUT2D eigenvalue weighted by Gasteiger charge is 2.34. The summed E-state index contributed by atoms with van der Waals surface area (Å²) in [4.78, 5) is 16.8. The molecular weight excluding hydrogens is 491 g/mol. The summed E-state index contributed by atoms with van der Waals surface area (Å²) >= 11 is 0. The van der Waals surface area contributed by atoms with Gasteiger partial charge < -0.3 is 10.2 Å². The lowest BCUT2D eigenvalue weighted by Crippen LogP contribution is -2.39. The molecule has 0 saturated heterocycles. The first kappa shape index (κ1) is 26.5. The fourth-order valence-electron chi connectivity index (χ4n) is 4.65. The number of fused-ring (bicyclic) bond motifs is 1. The lowest BCUT2D eigenvalue weighted by molar-refractivity contribution is -0.139. The van der Waals surface area contributed by atoms with Crippen LogP contribution in [0.15, 0.2) is 42.5 Å². The van der Waals surface area contributed by atoms with Crippen molar-refractivity contribution in [1.29, 1.82) is 0 Å². The molecule has 1 N–H and O–H groups in total. The Labute approximate surface area is 210 Å². The largest absolute Gasteiger partial charge is 0.416 e. The van der Waals surface area contributed by atoms with Crippen molar-refractivity contribution in [2.24, 2.45) is 5.92 Å². The van der Waals surface area contributed by atoms with Gasteiger partial charge in [0, 0.05) is 44.7 Å². The first-order valence-electron chi connectivity index (χ1n) is 12.2. The Morgan fingerprint density at radius 2 is 1.89 bits per heavy atom. The highest BCUT2D eigenvalue weighted by Crippen LogP contribution is 2.34. The second-order valence-electron chi connectivity index (χ2n) is 9.83. The number of carbonyl (C=O) groups is 1. The molecule has 0 bridgehead atoms. The zero-order valence-electron chi connectivity index (χ0n) is 20.4. The zero-order valence-corrected chi connectivity index (χ0v) is 21.2. The molecule has 2 aliphatic rings. The van der Waals surface area contributed by atoms with Gasteiger partial charge in [-0.2, -0.15) is 13.2 Å². The van der Waals surface area contributed by atoms with E-state index >= 15 is 0 Å². The van der Waals surface area contributed by atoms with Crippen molar-refractivity contribution in [3.05, 3.63) is 64.7 Å². The van der Waals surface area contributed by atoms with E-state index in [0.29, 0.717) is 0 Å². The van der Waals surface area contributed by atoms with E-state index in [1.54, 1.807) is 0 Å². The van der Waals surface area contributed by atoms with Gasteiger partial charge in [0.15, 0.2) is 0 Å². The molecule has 4 rings (SSSR count). The van der Waals surface area contributed by atoms with Gasteiger partial charge in [-0.3, -0.25) is 9.69 Å². The van der Waals surface area contributed by atoms with Crippen molar-refractivity contribution in [1.82, 2.24) is 9.80 Å². The first-order chi connectivity index (χ1) is 17.0. The van der Waals surface area contributed by atoms with Crippen molar-refractivity contribution in [2.75, 3.05) is 43.5 Å². The minimum atomic E-state index is -4.57. The van der Waals surface area contributed by atoms with E-state index in [4.69, 9.17) is 0 Å². The molecule has 10 heteroatoms. The van der Waals surface area contributed by atoms with Gasteiger partial charge in [0.1, 0.15) is 9.84 Å². The number of hydrogen-bond acceptors (Lipinski definition) is 5. The van der Waals surface area contributed by atoms with Crippen molar-refractivity contribution in [3.63, 3.8) is 0 Å². The van der Waals surface area contributed by atoms with Gasteiger partial charge in [0.2, 0.25) is 5.91 Å². The summed E-state index contributed by atoms with van der Waals surface area (Å²) in [6.45, 7) is 2.28. The van der Waals surface area contributed by atoms with Crippen LogP contribution in [-0.4, -0.2) is 62.3 Å². The summed E-state index contributed by atoms with van der Waals surface area (Å²) in [5, 5.41) is 3.17. The molecular formula is C26H32F3N3O3S. The van der Waals surface area contributed by atoms with Crippen LogP contribution < -0.4 is 5.32 Å². The van der Waals surface area contributed by atoms with Gasteiger partial charge in [-0.05, 0) is 54.0 Å². The molecule has 1 fully saturated rings. The van der Waals surface area contributed by atoms with Crippen LogP contribution >= 0.6 is 0 Å². The molecule has 1 amide bonds.